The summed E-state index contributed by atoms with van der Waals surface area (Å²) in [5.74, 6) is 0.549. The van der Waals surface area contributed by atoms with Crippen LogP contribution in [0.4, 0.5) is 0 Å². The van der Waals surface area contributed by atoms with Crippen molar-refractivity contribution in [3.05, 3.63) is 0 Å². The van der Waals surface area contributed by atoms with Crippen LogP contribution in [-0.4, -0.2) is 61.8 Å². The van der Waals surface area contributed by atoms with E-state index in [0.717, 1.165) is 26.2 Å². The first-order chi connectivity index (χ1) is 10.8. The van der Waals surface area contributed by atoms with Crippen LogP contribution in [0, 0.1) is 23.2 Å². The molecule has 1 amide bonds. The van der Waals surface area contributed by atoms with Crippen molar-refractivity contribution in [1.29, 1.82) is 5.26 Å². The van der Waals surface area contributed by atoms with Crippen molar-refractivity contribution in [1.82, 2.24) is 15.5 Å². The molecule has 0 aromatic heterocycles. The van der Waals surface area contributed by atoms with Gasteiger partial charge in [0.1, 0.15) is 5.54 Å². The van der Waals surface area contributed by atoms with Crippen LogP contribution >= 0.6 is 0 Å². The Balaban J connectivity index is 2.31. The molecule has 1 aliphatic heterocycles. The van der Waals surface area contributed by atoms with Gasteiger partial charge >= 0.3 is 0 Å². The van der Waals surface area contributed by atoms with Crippen molar-refractivity contribution in [2.24, 2.45) is 11.8 Å². The molecule has 1 saturated heterocycles. The number of morpholine rings is 1. The molecule has 2 N–H and O–H groups in total. The highest BCUT2D eigenvalue weighted by Crippen LogP contribution is 2.14. The lowest BCUT2D eigenvalue weighted by atomic mass is 9.90. The van der Waals surface area contributed by atoms with Crippen LogP contribution in [0.1, 0.15) is 34.6 Å². The van der Waals surface area contributed by atoms with Crippen molar-refractivity contribution >= 4 is 5.91 Å². The van der Waals surface area contributed by atoms with Crippen molar-refractivity contribution in [3.8, 4) is 6.07 Å². The summed E-state index contributed by atoms with van der Waals surface area (Å²) in [6, 6.07) is 2.18. The molecule has 132 valence electrons. The Morgan fingerprint density at radius 2 is 2.13 bits per heavy atom. The van der Waals surface area contributed by atoms with Gasteiger partial charge in [-0.15, -0.1) is 0 Å². The van der Waals surface area contributed by atoms with E-state index < -0.39 is 5.54 Å². The first-order valence-corrected chi connectivity index (χ1v) is 8.53. The molecule has 0 unspecified atom stereocenters. The zero-order valence-corrected chi connectivity index (χ0v) is 15.2. The second-order valence-corrected chi connectivity index (χ2v) is 7.29. The first kappa shape index (κ1) is 19.9. The maximum Gasteiger partial charge on any atom is 0.235 e. The van der Waals surface area contributed by atoms with Gasteiger partial charge in [0.15, 0.2) is 0 Å². The second kappa shape index (κ2) is 9.21. The number of nitrogens with one attached hydrogen (secondary N) is 2. The predicted octanol–water partition coefficient (Wildman–Crippen LogP) is 0.987. The summed E-state index contributed by atoms with van der Waals surface area (Å²) in [5, 5.41) is 15.2. The van der Waals surface area contributed by atoms with E-state index in [9.17, 15) is 10.1 Å². The van der Waals surface area contributed by atoms with Gasteiger partial charge < -0.3 is 15.4 Å². The minimum atomic E-state index is -0.825. The van der Waals surface area contributed by atoms with Gasteiger partial charge in [0, 0.05) is 26.2 Å². The Morgan fingerprint density at radius 1 is 1.43 bits per heavy atom. The van der Waals surface area contributed by atoms with Gasteiger partial charge in [-0.05, 0) is 18.8 Å². The fourth-order valence-electron chi connectivity index (χ4n) is 2.57. The molecule has 0 radical (unpaired) electrons. The van der Waals surface area contributed by atoms with Gasteiger partial charge in [-0.25, -0.2) is 0 Å². The van der Waals surface area contributed by atoms with E-state index in [4.69, 9.17) is 4.74 Å². The predicted molar refractivity (Wildman–Crippen MR) is 90.9 cm³/mol. The number of hydrogen-bond acceptors (Lipinski definition) is 5. The maximum absolute atomic E-state index is 12.0. The van der Waals surface area contributed by atoms with Gasteiger partial charge in [-0.1, -0.05) is 27.7 Å². The minimum absolute atomic E-state index is 0.0581. The first-order valence-electron chi connectivity index (χ1n) is 8.53. The average molecular weight is 324 g/mol. The van der Waals surface area contributed by atoms with Crippen LogP contribution in [0.3, 0.4) is 0 Å². The monoisotopic (exact) mass is 324 g/mol. The lowest BCUT2D eigenvalue weighted by Gasteiger charge is -2.34. The SMILES string of the molecule is CC(C)CN1CCO[C@H](CNCC(=O)N[C@@](C)(C#N)C(C)C)C1. The van der Waals surface area contributed by atoms with Crippen molar-refractivity contribution < 1.29 is 9.53 Å². The number of hydrogen-bond donors (Lipinski definition) is 2. The van der Waals surface area contributed by atoms with Crippen molar-refractivity contribution in [3.63, 3.8) is 0 Å². The summed E-state index contributed by atoms with van der Waals surface area (Å²) in [6.45, 7) is 14.6. The molecule has 0 aromatic carbocycles. The lowest BCUT2D eigenvalue weighted by Crippen LogP contribution is -2.52. The molecule has 23 heavy (non-hydrogen) atoms. The standard InChI is InChI=1S/C17H32N4O2/c1-13(2)10-21-6-7-23-15(11-21)8-19-9-16(22)20-17(5,12-18)14(3)4/h13-15,19H,6-11H2,1-5H3,(H,20,22)/t15-,17+/m1/s1. The van der Waals surface area contributed by atoms with Gasteiger partial charge in [0.05, 0.1) is 25.3 Å². The van der Waals surface area contributed by atoms with E-state index in [0.29, 0.717) is 12.5 Å². The summed E-state index contributed by atoms with van der Waals surface area (Å²) in [6.07, 6.45) is 0.114. The summed E-state index contributed by atoms with van der Waals surface area (Å²) < 4.78 is 5.74. The summed E-state index contributed by atoms with van der Waals surface area (Å²) in [5.41, 5.74) is -0.825. The zero-order chi connectivity index (χ0) is 17.5. The molecule has 0 aliphatic carbocycles. The van der Waals surface area contributed by atoms with Gasteiger partial charge in [-0.2, -0.15) is 5.26 Å². The van der Waals surface area contributed by atoms with E-state index in [1.54, 1.807) is 6.92 Å². The molecular weight excluding hydrogens is 292 g/mol. The molecule has 6 nitrogen and oxygen atoms in total. The molecule has 0 bridgehead atoms. The molecule has 1 aliphatic rings. The largest absolute Gasteiger partial charge is 0.374 e. The van der Waals surface area contributed by atoms with E-state index in [2.05, 4.69) is 35.5 Å². The Labute approximate surface area is 140 Å². The molecule has 0 saturated carbocycles. The van der Waals surface area contributed by atoms with E-state index in [-0.39, 0.29) is 24.5 Å². The van der Waals surface area contributed by atoms with E-state index in [1.165, 1.54) is 0 Å². The highest BCUT2D eigenvalue weighted by Gasteiger charge is 2.29. The lowest BCUT2D eigenvalue weighted by molar-refractivity contribution is -0.122. The van der Waals surface area contributed by atoms with Crippen LogP contribution in [0.25, 0.3) is 0 Å². The summed E-state index contributed by atoms with van der Waals surface area (Å²) in [7, 11) is 0. The van der Waals surface area contributed by atoms with Crippen LogP contribution < -0.4 is 10.6 Å². The normalized spacial score (nSPS) is 21.9. The molecular formula is C17H32N4O2. The third-order valence-electron chi connectivity index (χ3n) is 4.29. The van der Waals surface area contributed by atoms with E-state index in [1.807, 2.05) is 13.8 Å². The summed E-state index contributed by atoms with van der Waals surface area (Å²) in [4.78, 5) is 14.4. The van der Waals surface area contributed by atoms with Gasteiger partial charge in [0.2, 0.25) is 5.91 Å². The quantitative estimate of drug-likeness (QED) is 0.696. The second-order valence-electron chi connectivity index (χ2n) is 7.29. The fourth-order valence-corrected chi connectivity index (χ4v) is 2.57. The minimum Gasteiger partial charge on any atom is -0.374 e. The zero-order valence-electron chi connectivity index (χ0n) is 15.2. The number of amides is 1. The third kappa shape index (κ3) is 6.86. The van der Waals surface area contributed by atoms with Crippen molar-refractivity contribution in [2.75, 3.05) is 39.3 Å². The van der Waals surface area contributed by atoms with Gasteiger partial charge in [-0.3, -0.25) is 9.69 Å². The maximum atomic E-state index is 12.0. The van der Waals surface area contributed by atoms with Crippen molar-refractivity contribution in [2.45, 2.75) is 46.3 Å². The topological polar surface area (TPSA) is 77.4 Å². The highest BCUT2D eigenvalue weighted by atomic mass is 16.5. The molecule has 0 aromatic rings. The Hall–Kier alpha value is -1.16. The molecule has 1 rings (SSSR count). The van der Waals surface area contributed by atoms with Gasteiger partial charge in [0.25, 0.3) is 0 Å². The van der Waals surface area contributed by atoms with Crippen LogP contribution in [0.5, 0.6) is 0 Å². The number of nitrogens with zero attached hydrogens (tertiary/aromatic N) is 2. The number of rotatable bonds is 8. The Bertz CT molecular complexity index is 419. The number of ether oxygens (including phenoxy) is 1. The molecule has 2 atom stereocenters. The number of carbonyl (C=O) groups excluding carboxylic acids is 1. The number of carbonyl (C=O) groups is 1. The Kier molecular flexibility index (Phi) is 7.97. The van der Waals surface area contributed by atoms with Crippen LogP contribution in [0.2, 0.25) is 0 Å². The van der Waals surface area contributed by atoms with E-state index >= 15 is 0 Å². The van der Waals surface area contributed by atoms with Crippen LogP contribution in [-0.2, 0) is 9.53 Å². The Morgan fingerprint density at radius 3 is 2.70 bits per heavy atom. The number of nitriles is 1. The molecule has 0 spiro atoms. The average Bonchev–Trinajstić information content (AvgIpc) is 2.46. The molecule has 6 heteroatoms. The fraction of sp³-hybridized carbons (Fsp3) is 0.882. The summed E-state index contributed by atoms with van der Waals surface area (Å²) >= 11 is 0. The van der Waals surface area contributed by atoms with Crippen LogP contribution in [0.15, 0.2) is 0 Å². The smallest absolute Gasteiger partial charge is 0.235 e. The third-order valence-corrected chi connectivity index (χ3v) is 4.29. The molecule has 1 fully saturated rings. The highest BCUT2D eigenvalue weighted by molar-refractivity contribution is 5.79. The molecule has 1 heterocycles.